The lowest BCUT2D eigenvalue weighted by Gasteiger charge is -2.04. The predicted molar refractivity (Wildman–Crippen MR) is 78.8 cm³/mol. The van der Waals surface area contributed by atoms with E-state index in [0.29, 0.717) is 10.1 Å². The van der Waals surface area contributed by atoms with Gasteiger partial charge in [-0.05, 0) is 53.3 Å². The Balaban J connectivity index is 2.13. The number of hydrogen-bond acceptors (Lipinski definition) is 2. The van der Waals surface area contributed by atoms with Crippen LogP contribution in [-0.2, 0) is 0 Å². The molecular weight excluding hydrogens is 344 g/mol. The summed E-state index contributed by atoms with van der Waals surface area (Å²) in [6.07, 6.45) is 3.67. The largest absolute Gasteiger partial charge is 0.380 e. The Kier molecular flexibility index (Phi) is 2.85. The van der Waals surface area contributed by atoms with Crippen LogP contribution < -0.4 is 5.32 Å². The number of fused-ring (bicyclic) bond motifs is 1. The number of H-pyrrole nitrogens is 1. The minimum atomic E-state index is -0.178. The van der Waals surface area contributed by atoms with Crippen LogP contribution in [0.25, 0.3) is 11.6 Å². The van der Waals surface area contributed by atoms with Gasteiger partial charge in [-0.3, -0.25) is 0 Å². The van der Waals surface area contributed by atoms with Crippen LogP contribution in [-0.4, -0.2) is 16.5 Å². The molecule has 2 heterocycles. The molecule has 18 heavy (non-hydrogen) atoms. The lowest BCUT2D eigenvalue weighted by atomic mass is 10.1. The van der Waals surface area contributed by atoms with Crippen LogP contribution in [0.1, 0.15) is 17.0 Å². The first-order chi connectivity index (χ1) is 8.66. The lowest BCUT2D eigenvalue weighted by molar-refractivity contribution is 0.620. The van der Waals surface area contributed by atoms with Gasteiger partial charge in [0.2, 0.25) is 0 Å². The molecule has 1 aromatic carbocycles. The van der Waals surface area contributed by atoms with Crippen LogP contribution >= 0.6 is 22.6 Å². The summed E-state index contributed by atoms with van der Waals surface area (Å²) in [6.45, 7) is 2.68. The second-order valence-electron chi connectivity index (χ2n) is 4.22. The molecule has 5 heteroatoms. The lowest BCUT2D eigenvalue weighted by Crippen LogP contribution is -1.91. The van der Waals surface area contributed by atoms with E-state index in [-0.39, 0.29) is 5.82 Å². The van der Waals surface area contributed by atoms with Crippen LogP contribution in [0, 0.1) is 16.3 Å². The third kappa shape index (κ3) is 1.82. The van der Waals surface area contributed by atoms with Crippen LogP contribution in [0.3, 0.4) is 0 Å². The van der Waals surface area contributed by atoms with E-state index in [1.807, 2.05) is 13.0 Å². The molecule has 3 rings (SSSR count). The normalized spacial score (nSPS) is 15.8. The summed E-state index contributed by atoms with van der Waals surface area (Å²) in [4.78, 5) is 7.29. The molecule has 92 valence electrons. The Labute approximate surface area is 118 Å². The number of aromatic nitrogens is 2. The summed E-state index contributed by atoms with van der Waals surface area (Å²) in [5, 5.41) is 3.27. The van der Waals surface area contributed by atoms with Crippen LogP contribution in [0.5, 0.6) is 0 Å². The summed E-state index contributed by atoms with van der Waals surface area (Å²) in [5.41, 5.74) is 4.93. The number of nitrogens with one attached hydrogen (secondary N) is 2. The average Bonchev–Trinajstić information content (AvgIpc) is 2.93. The highest BCUT2D eigenvalue weighted by Gasteiger charge is 2.21. The molecular formula is C13H11FIN3. The van der Waals surface area contributed by atoms with E-state index in [1.165, 1.54) is 6.07 Å². The molecule has 0 saturated heterocycles. The molecule has 1 aliphatic rings. The van der Waals surface area contributed by atoms with Gasteiger partial charge >= 0.3 is 0 Å². The first-order valence-electron chi connectivity index (χ1n) is 5.59. The van der Waals surface area contributed by atoms with Crippen molar-refractivity contribution < 1.29 is 4.39 Å². The van der Waals surface area contributed by atoms with Gasteiger partial charge in [0.25, 0.3) is 0 Å². The maximum absolute atomic E-state index is 13.6. The third-order valence-corrected chi connectivity index (χ3v) is 4.12. The maximum atomic E-state index is 13.6. The predicted octanol–water partition coefficient (Wildman–Crippen LogP) is 3.43. The van der Waals surface area contributed by atoms with Gasteiger partial charge in [-0.25, -0.2) is 9.37 Å². The maximum Gasteiger partial charge on any atom is 0.137 e. The van der Waals surface area contributed by atoms with E-state index >= 15 is 0 Å². The molecule has 1 aromatic heterocycles. The second kappa shape index (κ2) is 4.38. The monoisotopic (exact) mass is 355 g/mol. The molecule has 0 aliphatic carbocycles. The van der Waals surface area contributed by atoms with E-state index in [4.69, 9.17) is 0 Å². The molecule has 2 aromatic rings. The number of aromatic amines is 1. The minimum Gasteiger partial charge on any atom is -0.380 e. The zero-order valence-electron chi connectivity index (χ0n) is 9.72. The van der Waals surface area contributed by atoms with Gasteiger partial charge in [-0.1, -0.05) is 0 Å². The standard InChI is InChI=1S/C13H11FIN3/c1-7-11(18-6-17-7)4-8-5-16-10-3-2-9(14)13(15)12(8)10/h2-4,6,16H,5H2,1H3,(H,17,18)/b8-4+. The Morgan fingerprint density at radius 2 is 2.28 bits per heavy atom. The van der Waals surface area contributed by atoms with Gasteiger partial charge in [-0.15, -0.1) is 0 Å². The van der Waals surface area contributed by atoms with Crippen molar-refractivity contribution in [3.63, 3.8) is 0 Å². The topological polar surface area (TPSA) is 40.7 Å². The molecule has 2 N–H and O–H groups in total. The zero-order chi connectivity index (χ0) is 12.7. The number of benzene rings is 1. The van der Waals surface area contributed by atoms with Crippen molar-refractivity contribution in [2.45, 2.75) is 6.92 Å². The van der Waals surface area contributed by atoms with E-state index in [1.54, 1.807) is 12.4 Å². The summed E-state index contributed by atoms with van der Waals surface area (Å²) >= 11 is 2.05. The molecule has 0 spiro atoms. The van der Waals surface area contributed by atoms with Gasteiger partial charge in [0.05, 0.1) is 15.6 Å². The summed E-state index contributed by atoms with van der Waals surface area (Å²) in [7, 11) is 0. The number of halogens is 2. The fourth-order valence-electron chi connectivity index (χ4n) is 2.09. The van der Waals surface area contributed by atoms with Gasteiger partial charge in [0.15, 0.2) is 0 Å². The first-order valence-corrected chi connectivity index (χ1v) is 6.67. The Morgan fingerprint density at radius 1 is 1.44 bits per heavy atom. The number of rotatable bonds is 1. The van der Waals surface area contributed by atoms with Crippen molar-refractivity contribution in [3.05, 3.63) is 44.8 Å². The van der Waals surface area contributed by atoms with E-state index in [0.717, 1.165) is 28.2 Å². The Hall–Kier alpha value is -1.37. The second-order valence-corrected chi connectivity index (χ2v) is 5.30. The van der Waals surface area contributed by atoms with Crippen LogP contribution in [0.2, 0.25) is 0 Å². The van der Waals surface area contributed by atoms with Crippen LogP contribution in [0.4, 0.5) is 10.1 Å². The number of nitrogens with zero attached hydrogens (tertiary/aromatic N) is 1. The minimum absolute atomic E-state index is 0.178. The summed E-state index contributed by atoms with van der Waals surface area (Å²) < 4.78 is 14.3. The van der Waals surface area contributed by atoms with E-state index in [2.05, 4.69) is 37.9 Å². The molecule has 0 fully saturated rings. The fourth-order valence-corrected chi connectivity index (χ4v) is 2.91. The first kappa shape index (κ1) is 11.7. The van der Waals surface area contributed by atoms with Crippen molar-refractivity contribution >= 4 is 39.9 Å². The average molecular weight is 355 g/mol. The highest BCUT2D eigenvalue weighted by Crippen LogP contribution is 2.36. The summed E-state index contributed by atoms with van der Waals surface area (Å²) in [5.74, 6) is -0.178. The molecule has 0 atom stereocenters. The van der Waals surface area contributed by atoms with Crippen LogP contribution in [0.15, 0.2) is 18.5 Å². The smallest absolute Gasteiger partial charge is 0.137 e. The third-order valence-electron chi connectivity index (χ3n) is 3.07. The van der Waals surface area contributed by atoms with E-state index < -0.39 is 0 Å². The molecule has 0 saturated carbocycles. The SMILES string of the molecule is Cc1[nH]cnc1/C=C1\CNc2ccc(F)c(I)c21. The number of anilines is 1. The highest BCUT2D eigenvalue weighted by molar-refractivity contribution is 14.1. The van der Waals surface area contributed by atoms with Crippen molar-refractivity contribution in [3.8, 4) is 0 Å². The Morgan fingerprint density at radius 3 is 3.00 bits per heavy atom. The number of imidazole rings is 1. The van der Waals surface area contributed by atoms with Gasteiger partial charge < -0.3 is 10.3 Å². The van der Waals surface area contributed by atoms with E-state index in [9.17, 15) is 4.39 Å². The van der Waals surface area contributed by atoms with Gasteiger partial charge in [-0.2, -0.15) is 0 Å². The molecule has 0 amide bonds. The molecule has 3 nitrogen and oxygen atoms in total. The van der Waals surface area contributed by atoms with Crippen molar-refractivity contribution in [2.24, 2.45) is 0 Å². The van der Waals surface area contributed by atoms with Gasteiger partial charge in [0, 0.05) is 23.5 Å². The fraction of sp³-hybridized carbons (Fsp3) is 0.154. The molecule has 0 bridgehead atoms. The quantitative estimate of drug-likeness (QED) is 0.770. The van der Waals surface area contributed by atoms with Crippen molar-refractivity contribution in [2.75, 3.05) is 11.9 Å². The molecule has 1 aliphatic heterocycles. The zero-order valence-corrected chi connectivity index (χ0v) is 11.9. The number of hydrogen-bond donors (Lipinski definition) is 2. The molecule has 0 radical (unpaired) electrons. The highest BCUT2D eigenvalue weighted by atomic mass is 127. The van der Waals surface area contributed by atoms with Crippen molar-refractivity contribution in [1.82, 2.24) is 9.97 Å². The van der Waals surface area contributed by atoms with Crippen molar-refractivity contribution in [1.29, 1.82) is 0 Å². The Bertz CT molecular complexity index is 646. The van der Waals surface area contributed by atoms with Gasteiger partial charge in [0.1, 0.15) is 5.82 Å². The summed E-state index contributed by atoms with van der Waals surface area (Å²) in [6, 6.07) is 3.28. The molecule has 0 unspecified atom stereocenters. The number of aryl methyl sites for hydroxylation is 1.